The first-order valence-electron chi connectivity index (χ1n) is 10.9. The molecule has 2 N–H and O–H groups in total. The molecule has 0 bridgehead atoms. The summed E-state index contributed by atoms with van der Waals surface area (Å²) < 4.78 is 10.6. The predicted octanol–water partition coefficient (Wildman–Crippen LogP) is 5.96. The van der Waals surface area contributed by atoms with Crippen LogP contribution in [0.1, 0.15) is 28.3 Å². The van der Waals surface area contributed by atoms with Crippen LogP contribution in [0.5, 0.6) is 17.2 Å². The van der Waals surface area contributed by atoms with Crippen molar-refractivity contribution in [2.75, 3.05) is 19.1 Å². The van der Waals surface area contributed by atoms with Gasteiger partial charge >= 0.3 is 0 Å². The van der Waals surface area contributed by atoms with Gasteiger partial charge in [-0.05, 0) is 60.9 Å². The van der Waals surface area contributed by atoms with Gasteiger partial charge in [-0.15, -0.1) is 0 Å². The van der Waals surface area contributed by atoms with Crippen LogP contribution < -0.4 is 14.4 Å². The number of benzene rings is 3. The molecule has 1 unspecified atom stereocenters. The molecule has 1 aliphatic rings. The van der Waals surface area contributed by atoms with Crippen molar-refractivity contribution >= 4 is 46.3 Å². The maximum Gasteiger partial charge on any atom is 0.300 e. The quantitative estimate of drug-likeness (QED) is 0.241. The van der Waals surface area contributed by atoms with Gasteiger partial charge in [-0.25, -0.2) is 0 Å². The number of nitrogens with zero attached hydrogens (tertiary/aromatic N) is 1. The van der Waals surface area contributed by atoms with Crippen LogP contribution in [0.4, 0.5) is 5.69 Å². The largest absolute Gasteiger partial charge is 0.507 e. The number of aliphatic hydroxyl groups excluding tert-OH is 1. The van der Waals surface area contributed by atoms with Gasteiger partial charge in [-0.2, -0.15) is 0 Å². The molecule has 0 saturated carbocycles. The molecule has 1 heterocycles. The van der Waals surface area contributed by atoms with Crippen molar-refractivity contribution in [3.8, 4) is 17.2 Å². The SMILES string of the molecule is COc1cc(OC)c(/C(O)=C2\C(=O)C(=O)N(c3cc(C)cc(C)c3)C2c2ccc(O)c(Cl)c2)cc1Cl. The van der Waals surface area contributed by atoms with Gasteiger partial charge in [0.2, 0.25) is 0 Å². The number of hydrogen-bond acceptors (Lipinski definition) is 6. The Balaban J connectivity index is 2.03. The van der Waals surface area contributed by atoms with Gasteiger partial charge in [0.25, 0.3) is 11.7 Å². The number of aromatic hydroxyl groups is 1. The summed E-state index contributed by atoms with van der Waals surface area (Å²) >= 11 is 12.5. The molecule has 7 nitrogen and oxygen atoms in total. The summed E-state index contributed by atoms with van der Waals surface area (Å²) in [4.78, 5) is 28.1. The van der Waals surface area contributed by atoms with Gasteiger partial charge in [0, 0.05) is 11.8 Å². The number of phenols is 1. The average Bonchev–Trinajstić information content (AvgIpc) is 3.10. The van der Waals surface area contributed by atoms with Crippen LogP contribution in [0.15, 0.2) is 54.1 Å². The summed E-state index contributed by atoms with van der Waals surface area (Å²) in [7, 11) is 2.83. The monoisotopic (exact) mass is 527 g/mol. The highest BCUT2D eigenvalue weighted by Crippen LogP contribution is 2.46. The number of aliphatic hydroxyl groups is 1. The summed E-state index contributed by atoms with van der Waals surface area (Å²) in [5.74, 6) is -1.86. The fraction of sp³-hybridized carbons (Fsp3) is 0.185. The van der Waals surface area contributed by atoms with Crippen LogP contribution in [-0.4, -0.2) is 36.1 Å². The Morgan fingerprint density at radius 2 is 1.53 bits per heavy atom. The highest BCUT2D eigenvalue weighted by molar-refractivity contribution is 6.52. The number of rotatable bonds is 5. The van der Waals surface area contributed by atoms with E-state index in [1.54, 1.807) is 18.2 Å². The van der Waals surface area contributed by atoms with E-state index >= 15 is 0 Å². The highest BCUT2D eigenvalue weighted by Gasteiger charge is 2.47. The number of aryl methyl sites for hydroxylation is 2. The minimum absolute atomic E-state index is 0.0311. The van der Waals surface area contributed by atoms with Crippen molar-refractivity contribution in [1.29, 1.82) is 0 Å². The van der Waals surface area contributed by atoms with Crippen molar-refractivity contribution in [1.82, 2.24) is 0 Å². The fourth-order valence-electron chi connectivity index (χ4n) is 4.39. The Kier molecular flexibility index (Phi) is 6.89. The molecule has 1 fully saturated rings. The zero-order valence-corrected chi connectivity index (χ0v) is 21.4. The van der Waals surface area contributed by atoms with E-state index in [1.807, 2.05) is 19.9 Å². The number of methoxy groups -OCH3 is 2. The second-order valence-corrected chi connectivity index (χ2v) is 9.23. The van der Waals surface area contributed by atoms with Crippen LogP contribution in [-0.2, 0) is 9.59 Å². The normalized spacial score (nSPS) is 16.9. The third-order valence-corrected chi connectivity index (χ3v) is 6.54. The van der Waals surface area contributed by atoms with E-state index in [0.717, 1.165) is 11.1 Å². The van der Waals surface area contributed by atoms with E-state index in [4.69, 9.17) is 32.7 Å². The van der Waals surface area contributed by atoms with E-state index in [2.05, 4.69) is 0 Å². The van der Waals surface area contributed by atoms with Crippen LogP contribution >= 0.6 is 23.2 Å². The molecule has 9 heteroatoms. The molecule has 186 valence electrons. The number of anilines is 1. The Labute approximate surface area is 218 Å². The van der Waals surface area contributed by atoms with Crippen LogP contribution in [0.25, 0.3) is 5.76 Å². The molecule has 0 aliphatic carbocycles. The molecule has 1 amide bonds. The summed E-state index contributed by atoms with van der Waals surface area (Å²) in [5.41, 5.74) is 2.59. The van der Waals surface area contributed by atoms with E-state index in [0.29, 0.717) is 17.0 Å². The smallest absolute Gasteiger partial charge is 0.300 e. The zero-order valence-electron chi connectivity index (χ0n) is 19.9. The summed E-state index contributed by atoms with van der Waals surface area (Å²) in [5, 5.41) is 21.6. The van der Waals surface area contributed by atoms with Crippen molar-refractivity contribution in [2.45, 2.75) is 19.9 Å². The Bertz CT molecular complexity index is 1410. The van der Waals surface area contributed by atoms with Crippen LogP contribution in [0, 0.1) is 13.8 Å². The van der Waals surface area contributed by atoms with Gasteiger partial charge in [-0.1, -0.05) is 35.3 Å². The lowest BCUT2D eigenvalue weighted by atomic mass is 9.94. The number of phenolic OH excluding ortho intramolecular Hbond substituents is 1. The number of carbonyl (C=O) groups excluding carboxylic acids is 2. The van der Waals surface area contributed by atoms with Crippen molar-refractivity contribution in [3.05, 3.63) is 86.4 Å². The van der Waals surface area contributed by atoms with E-state index in [1.165, 1.54) is 43.4 Å². The number of halogens is 2. The van der Waals surface area contributed by atoms with Gasteiger partial charge < -0.3 is 19.7 Å². The second kappa shape index (κ2) is 9.76. The van der Waals surface area contributed by atoms with Crippen LogP contribution in [0.2, 0.25) is 10.0 Å². The lowest BCUT2D eigenvalue weighted by molar-refractivity contribution is -0.132. The molecule has 3 aromatic carbocycles. The minimum atomic E-state index is -1.05. The molecule has 36 heavy (non-hydrogen) atoms. The van der Waals surface area contributed by atoms with Crippen molar-refractivity contribution in [2.24, 2.45) is 0 Å². The summed E-state index contributed by atoms with van der Waals surface area (Å²) in [6.07, 6.45) is 0. The molecular formula is C27H23Cl2NO6. The Hall–Kier alpha value is -3.68. The second-order valence-electron chi connectivity index (χ2n) is 8.41. The number of amides is 1. The van der Waals surface area contributed by atoms with Gasteiger partial charge in [0.15, 0.2) is 0 Å². The Morgan fingerprint density at radius 3 is 2.11 bits per heavy atom. The topological polar surface area (TPSA) is 96.3 Å². The summed E-state index contributed by atoms with van der Waals surface area (Å²) in [6, 6.07) is 11.7. The third kappa shape index (κ3) is 4.36. The molecule has 1 aliphatic heterocycles. The maximum absolute atomic E-state index is 13.4. The minimum Gasteiger partial charge on any atom is -0.507 e. The standard InChI is InChI=1S/C27H23Cl2NO6/c1-13-7-14(2)9-16(8-13)30-24(15-5-6-20(31)18(28)10-15)23(26(33)27(30)34)25(32)17-11-19(29)22(36-4)12-21(17)35-3/h5-12,24,31-32H,1-4H3/b25-23+. The van der Waals surface area contributed by atoms with E-state index in [-0.39, 0.29) is 32.7 Å². The first kappa shape index (κ1) is 25.4. The molecular weight excluding hydrogens is 505 g/mol. The molecule has 0 aromatic heterocycles. The molecule has 0 radical (unpaired) electrons. The Morgan fingerprint density at radius 1 is 0.889 bits per heavy atom. The number of ketones is 1. The maximum atomic E-state index is 13.4. The van der Waals surface area contributed by atoms with Crippen molar-refractivity contribution in [3.63, 3.8) is 0 Å². The van der Waals surface area contributed by atoms with E-state index in [9.17, 15) is 19.8 Å². The molecule has 4 rings (SSSR count). The molecule has 0 spiro atoms. The number of carbonyl (C=O) groups is 2. The van der Waals surface area contributed by atoms with Gasteiger partial charge in [-0.3, -0.25) is 14.5 Å². The first-order valence-corrected chi connectivity index (χ1v) is 11.6. The molecule has 3 aromatic rings. The fourth-order valence-corrected chi connectivity index (χ4v) is 4.82. The van der Waals surface area contributed by atoms with Crippen LogP contribution in [0.3, 0.4) is 0 Å². The lowest BCUT2D eigenvalue weighted by Crippen LogP contribution is -2.29. The number of Topliss-reactive ketones (excluding diaryl/α,β-unsaturated/α-hetero) is 1. The first-order chi connectivity index (χ1) is 17.1. The highest BCUT2D eigenvalue weighted by atomic mass is 35.5. The van der Waals surface area contributed by atoms with Gasteiger partial charge in [0.05, 0.1) is 41.4 Å². The summed E-state index contributed by atoms with van der Waals surface area (Å²) in [6.45, 7) is 3.76. The molecule has 1 saturated heterocycles. The third-order valence-electron chi connectivity index (χ3n) is 5.95. The van der Waals surface area contributed by atoms with Gasteiger partial charge in [0.1, 0.15) is 23.0 Å². The number of hydrogen-bond donors (Lipinski definition) is 2. The predicted molar refractivity (Wildman–Crippen MR) is 138 cm³/mol. The lowest BCUT2D eigenvalue weighted by Gasteiger charge is -2.26. The van der Waals surface area contributed by atoms with E-state index < -0.39 is 23.5 Å². The number of ether oxygens (including phenoxy) is 2. The van der Waals surface area contributed by atoms with Crippen molar-refractivity contribution < 1.29 is 29.3 Å². The average molecular weight is 528 g/mol. The molecule has 1 atom stereocenters. The zero-order chi connectivity index (χ0) is 26.3.